The van der Waals surface area contributed by atoms with E-state index in [1.807, 2.05) is 22.4 Å². The summed E-state index contributed by atoms with van der Waals surface area (Å²) in [5.41, 5.74) is 0. The molecule has 0 atom stereocenters. The van der Waals surface area contributed by atoms with E-state index in [4.69, 9.17) is 4.74 Å². The number of nitrogens with zero attached hydrogens (tertiary/aromatic N) is 2. The van der Waals surface area contributed by atoms with Gasteiger partial charge in [-0.25, -0.2) is 4.39 Å². The summed E-state index contributed by atoms with van der Waals surface area (Å²) in [4.78, 5) is 17.8. The molecule has 0 saturated carbocycles. The smallest absolute Gasteiger partial charge is 0.263 e. The number of amides is 1. The molecule has 2 aliphatic rings. The number of para-hydroxylation sites is 1. The third kappa shape index (κ3) is 4.33. The molecule has 0 bridgehead atoms. The Morgan fingerprint density at radius 3 is 2.41 bits per heavy atom. The van der Waals surface area contributed by atoms with Crippen molar-refractivity contribution in [1.82, 2.24) is 9.80 Å². The Labute approximate surface area is 163 Å². The highest BCUT2D eigenvalue weighted by molar-refractivity contribution is 7.12. The molecule has 0 N–H and O–H groups in total. The van der Waals surface area contributed by atoms with Crippen LogP contribution in [-0.4, -0.2) is 54.0 Å². The van der Waals surface area contributed by atoms with Crippen LogP contribution < -0.4 is 4.74 Å². The topological polar surface area (TPSA) is 32.8 Å². The van der Waals surface area contributed by atoms with Crippen molar-refractivity contribution in [2.45, 2.75) is 37.8 Å². The maximum Gasteiger partial charge on any atom is 0.263 e. The molecule has 0 aliphatic carbocycles. The van der Waals surface area contributed by atoms with Gasteiger partial charge < -0.3 is 9.64 Å². The first kappa shape index (κ1) is 18.4. The number of thiophene rings is 1. The molecular formula is C21H25FN2O2S. The van der Waals surface area contributed by atoms with Gasteiger partial charge in [-0.05, 0) is 49.3 Å². The maximum atomic E-state index is 13.7. The third-order valence-electron chi connectivity index (χ3n) is 5.61. The Bertz CT molecular complexity index is 751. The van der Waals surface area contributed by atoms with E-state index < -0.39 is 0 Å². The van der Waals surface area contributed by atoms with Crippen LogP contribution in [0.2, 0.25) is 0 Å². The fourth-order valence-electron chi connectivity index (χ4n) is 4.07. The van der Waals surface area contributed by atoms with Gasteiger partial charge in [-0.15, -0.1) is 11.3 Å². The Kier molecular flexibility index (Phi) is 5.74. The molecule has 1 aromatic heterocycles. The van der Waals surface area contributed by atoms with Crippen LogP contribution in [0.4, 0.5) is 4.39 Å². The molecule has 0 unspecified atom stereocenters. The zero-order chi connectivity index (χ0) is 18.6. The van der Waals surface area contributed by atoms with Crippen molar-refractivity contribution in [1.29, 1.82) is 0 Å². The van der Waals surface area contributed by atoms with Gasteiger partial charge >= 0.3 is 0 Å². The summed E-state index contributed by atoms with van der Waals surface area (Å²) in [6, 6.07) is 11.0. The van der Waals surface area contributed by atoms with E-state index in [0.29, 0.717) is 11.8 Å². The Balaban J connectivity index is 1.24. The molecule has 4 nitrogen and oxygen atoms in total. The second-order valence-electron chi connectivity index (χ2n) is 7.28. The second kappa shape index (κ2) is 8.40. The summed E-state index contributed by atoms with van der Waals surface area (Å²) < 4.78 is 19.6. The average Bonchev–Trinajstić information content (AvgIpc) is 3.25. The van der Waals surface area contributed by atoms with E-state index in [9.17, 15) is 9.18 Å². The molecule has 2 fully saturated rings. The van der Waals surface area contributed by atoms with Gasteiger partial charge in [-0.1, -0.05) is 18.2 Å². The number of likely N-dealkylation sites (tertiary alicyclic amines) is 2. The molecule has 2 aliphatic heterocycles. The molecule has 2 aromatic rings. The number of piperidine rings is 2. The van der Waals surface area contributed by atoms with E-state index in [2.05, 4.69) is 4.90 Å². The SMILES string of the molecule is O=C(c1cccs1)N1CCC(N2CCC(Oc3ccccc3F)CC2)CC1. The minimum atomic E-state index is -0.289. The van der Waals surface area contributed by atoms with Crippen LogP contribution in [0, 0.1) is 5.82 Å². The number of carbonyl (C=O) groups is 1. The number of ether oxygens (including phenoxy) is 1. The van der Waals surface area contributed by atoms with Crippen molar-refractivity contribution >= 4 is 17.2 Å². The van der Waals surface area contributed by atoms with E-state index in [1.54, 1.807) is 18.2 Å². The van der Waals surface area contributed by atoms with E-state index in [1.165, 1.54) is 17.4 Å². The van der Waals surface area contributed by atoms with Gasteiger partial charge in [-0.3, -0.25) is 9.69 Å². The van der Waals surface area contributed by atoms with Gasteiger partial charge in [0.15, 0.2) is 11.6 Å². The Morgan fingerprint density at radius 2 is 1.74 bits per heavy atom. The first-order valence-electron chi connectivity index (χ1n) is 9.69. The normalized spacial score (nSPS) is 20.0. The molecule has 1 aromatic carbocycles. The van der Waals surface area contributed by atoms with Gasteiger partial charge in [-0.2, -0.15) is 0 Å². The minimum absolute atomic E-state index is 0.0821. The van der Waals surface area contributed by atoms with Crippen molar-refractivity contribution in [2.75, 3.05) is 26.2 Å². The number of carbonyl (C=O) groups excluding carboxylic acids is 1. The lowest BCUT2D eigenvalue weighted by atomic mass is 9.98. The molecule has 144 valence electrons. The number of rotatable bonds is 4. The molecular weight excluding hydrogens is 363 g/mol. The lowest BCUT2D eigenvalue weighted by Gasteiger charge is -2.41. The number of hydrogen-bond donors (Lipinski definition) is 0. The van der Waals surface area contributed by atoms with Crippen LogP contribution in [0.5, 0.6) is 5.75 Å². The highest BCUT2D eigenvalue weighted by Crippen LogP contribution is 2.26. The number of hydrogen-bond acceptors (Lipinski definition) is 4. The molecule has 0 spiro atoms. The van der Waals surface area contributed by atoms with Crippen molar-refractivity contribution in [2.24, 2.45) is 0 Å². The monoisotopic (exact) mass is 388 g/mol. The summed E-state index contributed by atoms with van der Waals surface area (Å²) in [5.74, 6) is 0.236. The summed E-state index contributed by atoms with van der Waals surface area (Å²) in [5, 5.41) is 1.95. The van der Waals surface area contributed by atoms with Crippen LogP contribution in [-0.2, 0) is 0 Å². The zero-order valence-electron chi connectivity index (χ0n) is 15.4. The highest BCUT2D eigenvalue weighted by Gasteiger charge is 2.30. The molecule has 0 radical (unpaired) electrons. The van der Waals surface area contributed by atoms with Crippen molar-refractivity contribution in [3.8, 4) is 5.75 Å². The van der Waals surface area contributed by atoms with Crippen LogP contribution >= 0.6 is 11.3 Å². The van der Waals surface area contributed by atoms with Crippen LogP contribution in [0.15, 0.2) is 41.8 Å². The number of halogens is 1. The molecule has 3 heterocycles. The van der Waals surface area contributed by atoms with Crippen LogP contribution in [0.1, 0.15) is 35.4 Å². The third-order valence-corrected chi connectivity index (χ3v) is 6.46. The quantitative estimate of drug-likeness (QED) is 0.793. The standard InChI is InChI=1S/C21H25FN2O2S/c22-18-4-1-2-5-19(18)26-17-9-13-23(14-10-17)16-7-11-24(12-8-16)21(25)20-6-3-15-27-20/h1-6,15-17H,7-14H2. The van der Waals surface area contributed by atoms with Crippen molar-refractivity contribution in [3.05, 3.63) is 52.5 Å². The molecule has 1 amide bonds. The fraction of sp³-hybridized carbons (Fsp3) is 0.476. The molecule has 6 heteroatoms. The van der Waals surface area contributed by atoms with Gasteiger partial charge in [0.05, 0.1) is 4.88 Å². The van der Waals surface area contributed by atoms with Gasteiger partial charge in [0.25, 0.3) is 5.91 Å². The van der Waals surface area contributed by atoms with Crippen molar-refractivity contribution in [3.63, 3.8) is 0 Å². The summed E-state index contributed by atoms with van der Waals surface area (Å²) in [7, 11) is 0. The van der Waals surface area contributed by atoms with E-state index in [-0.39, 0.29) is 17.8 Å². The molecule has 2 saturated heterocycles. The molecule has 4 rings (SSSR count). The van der Waals surface area contributed by atoms with Gasteiger partial charge in [0.2, 0.25) is 0 Å². The van der Waals surface area contributed by atoms with E-state index >= 15 is 0 Å². The minimum Gasteiger partial charge on any atom is -0.487 e. The highest BCUT2D eigenvalue weighted by atomic mass is 32.1. The predicted molar refractivity (Wildman–Crippen MR) is 105 cm³/mol. The first-order valence-corrected chi connectivity index (χ1v) is 10.6. The van der Waals surface area contributed by atoms with E-state index in [0.717, 1.165) is 56.7 Å². The lowest BCUT2D eigenvalue weighted by Crippen LogP contribution is -2.50. The maximum absolute atomic E-state index is 13.7. The Hall–Kier alpha value is -1.92. The average molecular weight is 389 g/mol. The zero-order valence-corrected chi connectivity index (χ0v) is 16.2. The van der Waals surface area contributed by atoms with Crippen LogP contribution in [0.3, 0.4) is 0 Å². The second-order valence-corrected chi connectivity index (χ2v) is 8.23. The lowest BCUT2D eigenvalue weighted by molar-refractivity contribution is 0.0418. The van der Waals surface area contributed by atoms with Gasteiger partial charge in [0, 0.05) is 32.2 Å². The fourth-order valence-corrected chi connectivity index (χ4v) is 4.76. The number of benzene rings is 1. The summed E-state index contributed by atoms with van der Waals surface area (Å²) in [6.45, 7) is 3.60. The van der Waals surface area contributed by atoms with Gasteiger partial charge in [0.1, 0.15) is 6.10 Å². The molecule has 27 heavy (non-hydrogen) atoms. The summed E-state index contributed by atoms with van der Waals surface area (Å²) in [6.07, 6.45) is 3.97. The van der Waals surface area contributed by atoms with Crippen LogP contribution in [0.25, 0.3) is 0 Å². The first-order chi connectivity index (χ1) is 13.2. The summed E-state index contributed by atoms with van der Waals surface area (Å²) >= 11 is 1.51. The predicted octanol–water partition coefficient (Wildman–Crippen LogP) is 4.04. The largest absolute Gasteiger partial charge is 0.487 e. The Morgan fingerprint density at radius 1 is 1.00 bits per heavy atom. The van der Waals surface area contributed by atoms with Crippen molar-refractivity contribution < 1.29 is 13.9 Å².